The first-order valence-corrected chi connectivity index (χ1v) is 6.73. The van der Waals surface area contributed by atoms with Crippen molar-refractivity contribution in [3.8, 4) is 5.75 Å². The molecule has 0 saturated heterocycles. The van der Waals surface area contributed by atoms with E-state index in [4.69, 9.17) is 16.3 Å². The number of pyridine rings is 1. The van der Waals surface area contributed by atoms with Crippen molar-refractivity contribution in [3.05, 3.63) is 39.3 Å². The molecule has 2 aromatic heterocycles. The lowest BCUT2D eigenvalue weighted by atomic mass is 10.3. The molecular weight excluding hydrogens is 318 g/mol. The third-order valence-corrected chi connectivity index (χ3v) is 3.48. The minimum Gasteiger partial charge on any atom is -0.486 e. The van der Waals surface area contributed by atoms with Crippen LogP contribution in [0.5, 0.6) is 5.75 Å². The summed E-state index contributed by atoms with van der Waals surface area (Å²) >= 11 is 9.51. The van der Waals surface area contributed by atoms with Crippen LogP contribution in [-0.4, -0.2) is 14.8 Å². The Morgan fingerprint density at radius 3 is 2.78 bits per heavy atom. The summed E-state index contributed by atoms with van der Waals surface area (Å²) in [5, 5.41) is 5.02. The van der Waals surface area contributed by atoms with Crippen molar-refractivity contribution in [2.24, 2.45) is 7.05 Å². The molecule has 0 aromatic carbocycles. The largest absolute Gasteiger partial charge is 0.486 e. The van der Waals surface area contributed by atoms with E-state index in [0.29, 0.717) is 17.4 Å². The normalized spacial score (nSPS) is 10.7. The summed E-state index contributed by atoms with van der Waals surface area (Å²) in [6, 6.07) is 3.68. The highest BCUT2D eigenvalue weighted by molar-refractivity contribution is 9.10. The van der Waals surface area contributed by atoms with E-state index in [-0.39, 0.29) is 0 Å². The van der Waals surface area contributed by atoms with E-state index in [0.717, 1.165) is 22.4 Å². The predicted molar refractivity (Wildman–Crippen MR) is 73.9 cm³/mol. The van der Waals surface area contributed by atoms with Crippen molar-refractivity contribution in [2.75, 3.05) is 0 Å². The van der Waals surface area contributed by atoms with Gasteiger partial charge in [-0.25, -0.2) is 4.98 Å². The molecule has 0 N–H and O–H groups in total. The molecule has 0 spiro atoms. The third-order valence-electron chi connectivity index (χ3n) is 2.58. The van der Waals surface area contributed by atoms with Crippen LogP contribution in [0.3, 0.4) is 0 Å². The molecule has 0 aliphatic heterocycles. The monoisotopic (exact) mass is 329 g/mol. The van der Waals surface area contributed by atoms with Crippen LogP contribution in [0.15, 0.2) is 22.9 Å². The molecule has 0 fully saturated rings. The number of nitrogens with zero attached hydrogens (tertiary/aromatic N) is 3. The maximum absolute atomic E-state index is 6.23. The Kier molecular flexibility index (Phi) is 4.24. The van der Waals surface area contributed by atoms with Crippen molar-refractivity contribution < 1.29 is 4.74 Å². The molecule has 0 aliphatic carbocycles. The number of ether oxygens (including phenoxy) is 1. The Morgan fingerprint density at radius 2 is 2.22 bits per heavy atom. The molecule has 2 aromatic rings. The Bertz CT molecular complexity index is 539. The second-order valence-electron chi connectivity index (χ2n) is 3.79. The van der Waals surface area contributed by atoms with Gasteiger partial charge in [0.1, 0.15) is 17.0 Å². The first-order chi connectivity index (χ1) is 8.61. The molecule has 96 valence electrons. The first kappa shape index (κ1) is 13.4. The van der Waals surface area contributed by atoms with Crippen molar-refractivity contribution in [2.45, 2.75) is 20.0 Å². The van der Waals surface area contributed by atoms with Crippen LogP contribution in [-0.2, 0) is 20.1 Å². The molecule has 0 amide bonds. The Balaban J connectivity index is 2.10. The average Bonchev–Trinajstić information content (AvgIpc) is 2.64. The fourth-order valence-corrected chi connectivity index (χ4v) is 2.16. The van der Waals surface area contributed by atoms with Gasteiger partial charge in [-0.3, -0.25) is 4.68 Å². The van der Waals surface area contributed by atoms with E-state index in [2.05, 4.69) is 26.0 Å². The second-order valence-corrected chi connectivity index (χ2v) is 4.98. The second kappa shape index (κ2) is 5.71. The van der Waals surface area contributed by atoms with Crippen LogP contribution in [0.25, 0.3) is 0 Å². The van der Waals surface area contributed by atoms with Gasteiger partial charge in [0.05, 0.1) is 22.6 Å². The van der Waals surface area contributed by atoms with Gasteiger partial charge in [-0.15, -0.1) is 0 Å². The van der Waals surface area contributed by atoms with E-state index < -0.39 is 0 Å². The standard InChI is InChI=1S/C12H13BrClN3O/c1-3-9-12(14)10(17(2)16-9)7-18-8-4-5-11(13)15-6-8/h4-6H,3,7H2,1-2H3. The Labute approximate surface area is 119 Å². The Morgan fingerprint density at radius 1 is 1.44 bits per heavy atom. The lowest BCUT2D eigenvalue weighted by Gasteiger charge is -2.06. The molecule has 0 unspecified atom stereocenters. The van der Waals surface area contributed by atoms with Gasteiger partial charge in [-0.05, 0) is 34.5 Å². The summed E-state index contributed by atoms with van der Waals surface area (Å²) in [5.74, 6) is 0.702. The summed E-state index contributed by atoms with van der Waals surface area (Å²) in [6.45, 7) is 2.41. The fraction of sp³-hybridized carbons (Fsp3) is 0.333. The van der Waals surface area contributed by atoms with Crippen LogP contribution in [0.1, 0.15) is 18.3 Å². The van der Waals surface area contributed by atoms with Gasteiger partial charge in [-0.1, -0.05) is 18.5 Å². The van der Waals surface area contributed by atoms with Crippen LogP contribution < -0.4 is 4.74 Å². The quantitative estimate of drug-likeness (QED) is 0.807. The topological polar surface area (TPSA) is 39.9 Å². The zero-order chi connectivity index (χ0) is 13.1. The van der Waals surface area contributed by atoms with E-state index in [1.165, 1.54) is 0 Å². The molecule has 0 saturated carbocycles. The lowest BCUT2D eigenvalue weighted by molar-refractivity contribution is 0.293. The molecule has 0 atom stereocenters. The minimum absolute atomic E-state index is 0.381. The van der Waals surface area contributed by atoms with Crippen molar-refractivity contribution in [3.63, 3.8) is 0 Å². The molecule has 4 nitrogen and oxygen atoms in total. The van der Waals surface area contributed by atoms with Crippen LogP contribution in [0.2, 0.25) is 5.02 Å². The fourth-order valence-electron chi connectivity index (χ4n) is 1.58. The molecule has 18 heavy (non-hydrogen) atoms. The number of rotatable bonds is 4. The molecule has 0 aliphatic rings. The molecule has 0 bridgehead atoms. The lowest BCUT2D eigenvalue weighted by Crippen LogP contribution is -2.03. The zero-order valence-electron chi connectivity index (χ0n) is 10.2. The van der Waals surface area contributed by atoms with E-state index in [1.807, 2.05) is 26.1 Å². The number of hydrogen-bond donors (Lipinski definition) is 0. The molecular formula is C12H13BrClN3O. The van der Waals surface area contributed by atoms with Crippen molar-refractivity contribution in [1.29, 1.82) is 0 Å². The van der Waals surface area contributed by atoms with Crippen molar-refractivity contribution >= 4 is 27.5 Å². The molecule has 2 rings (SSSR count). The van der Waals surface area contributed by atoms with Crippen LogP contribution >= 0.6 is 27.5 Å². The van der Waals surface area contributed by atoms with Gasteiger partial charge in [0.2, 0.25) is 0 Å². The number of hydrogen-bond acceptors (Lipinski definition) is 3. The highest BCUT2D eigenvalue weighted by atomic mass is 79.9. The molecule has 0 radical (unpaired) electrons. The SMILES string of the molecule is CCc1nn(C)c(COc2ccc(Br)nc2)c1Cl. The van der Waals surface area contributed by atoms with Gasteiger partial charge in [-0.2, -0.15) is 5.10 Å². The smallest absolute Gasteiger partial charge is 0.138 e. The predicted octanol–water partition coefficient (Wildman–Crippen LogP) is 3.37. The summed E-state index contributed by atoms with van der Waals surface area (Å²) in [5.41, 5.74) is 1.77. The van der Waals surface area contributed by atoms with Gasteiger partial charge >= 0.3 is 0 Å². The van der Waals surface area contributed by atoms with Gasteiger partial charge in [0, 0.05) is 7.05 Å². The zero-order valence-corrected chi connectivity index (χ0v) is 12.5. The number of aromatic nitrogens is 3. The summed E-state index contributed by atoms with van der Waals surface area (Å²) in [4.78, 5) is 4.09. The maximum Gasteiger partial charge on any atom is 0.138 e. The van der Waals surface area contributed by atoms with Crippen LogP contribution in [0.4, 0.5) is 0 Å². The minimum atomic E-state index is 0.381. The summed E-state index contributed by atoms with van der Waals surface area (Å²) in [7, 11) is 1.86. The number of halogens is 2. The van der Waals surface area contributed by atoms with E-state index in [9.17, 15) is 0 Å². The van der Waals surface area contributed by atoms with E-state index in [1.54, 1.807) is 10.9 Å². The summed E-state index contributed by atoms with van der Waals surface area (Å²) < 4.78 is 8.17. The molecule has 6 heteroatoms. The number of aryl methyl sites for hydroxylation is 2. The highest BCUT2D eigenvalue weighted by Crippen LogP contribution is 2.22. The highest BCUT2D eigenvalue weighted by Gasteiger charge is 2.13. The first-order valence-electron chi connectivity index (χ1n) is 5.56. The van der Waals surface area contributed by atoms with Gasteiger partial charge in [0.25, 0.3) is 0 Å². The van der Waals surface area contributed by atoms with Crippen LogP contribution in [0, 0.1) is 0 Å². The van der Waals surface area contributed by atoms with Gasteiger partial charge < -0.3 is 4.74 Å². The average molecular weight is 331 g/mol. The Hall–Kier alpha value is -1.07. The van der Waals surface area contributed by atoms with E-state index >= 15 is 0 Å². The van der Waals surface area contributed by atoms with Crippen molar-refractivity contribution in [1.82, 2.24) is 14.8 Å². The molecule has 2 heterocycles. The van der Waals surface area contributed by atoms with Gasteiger partial charge in [0.15, 0.2) is 0 Å². The summed E-state index contributed by atoms with van der Waals surface area (Å²) in [6.07, 6.45) is 2.47. The maximum atomic E-state index is 6.23. The third kappa shape index (κ3) is 2.84.